The Labute approximate surface area is 155 Å². The van der Waals surface area contributed by atoms with E-state index in [1.165, 1.54) is 18.6 Å². The van der Waals surface area contributed by atoms with Crippen molar-refractivity contribution in [2.75, 3.05) is 6.54 Å². The molecule has 1 amide bonds. The van der Waals surface area contributed by atoms with E-state index in [1.807, 2.05) is 0 Å². The first-order valence-corrected chi connectivity index (χ1v) is 8.00. The molecule has 1 aliphatic heterocycles. The van der Waals surface area contributed by atoms with Gasteiger partial charge in [-0.05, 0) is 43.2 Å². The number of allylic oxidation sites excluding steroid dienone is 1. The molecule has 2 rings (SSSR count). The average Bonchev–Trinajstić information content (AvgIpc) is 2.60. The lowest BCUT2D eigenvalue weighted by molar-refractivity contribution is -0.199. The van der Waals surface area contributed by atoms with E-state index in [0.29, 0.717) is 23.8 Å². The maximum absolute atomic E-state index is 13.2. The molecule has 1 heterocycles. The number of hydrogen-bond acceptors (Lipinski definition) is 4. The van der Waals surface area contributed by atoms with Crippen LogP contribution >= 0.6 is 0 Å². The van der Waals surface area contributed by atoms with Gasteiger partial charge >= 0.3 is 12.4 Å². The van der Waals surface area contributed by atoms with Gasteiger partial charge in [0.1, 0.15) is 12.5 Å². The van der Waals surface area contributed by atoms with Gasteiger partial charge in [0.25, 0.3) is 5.91 Å². The van der Waals surface area contributed by atoms with E-state index < -0.39 is 41.0 Å². The monoisotopic (exact) mass is 410 g/mol. The first kappa shape index (κ1) is 21.6. The summed E-state index contributed by atoms with van der Waals surface area (Å²) < 4.78 is 79.3. The zero-order valence-corrected chi connectivity index (χ0v) is 14.2. The van der Waals surface area contributed by atoms with Gasteiger partial charge in [0.2, 0.25) is 0 Å². The van der Waals surface area contributed by atoms with Crippen LogP contribution in [0.15, 0.2) is 42.4 Å². The molecule has 154 valence electrons. The average molecular weight is 410 g/mol. The molecule has 0 bridgehead atoms. The number of halogens is 6. The van der Waals surface area contributed by atoms with Crippen LogP contribution < -0.4 is 11.1 Å². The van der Waals surface area contributed by atoms with Crippen molar-refractivity contribution in [1.82, 2.24) is 5.32 Å². The van der Waals surface area contributed by atoms with E-state index in [1.54, 1.807) is 0 Å². The Hall–Kier alpha value is -2.69. The molecule has 0 radical (unpaired) electrons. The van der Waals surface area contributed by atoms with Crippen LogP contribution in [0.1, 0.15) is 34.3 Å². The summed E-state index contributed by atoms with van der Waals surface area (Å²) in [5.41, 5.74) is 1.14. The van der Waals surface area contributed by atoms with Crippen LogP contribution in [-0.4, -0.2) is 18.5 Å². The number of carbonyl (C=O) groups is 1. The van der Waals surface area contributed by atoms with Crippen molar-refractivity contribution < 1.29 is 40.9 Å². The van der Waals surface area contributed by atoms with Crippen LogP contribution in [0.2, 0.25) is 0 Å². The number of benzene rings is 1. The second-order valence-electron chi connectivity index (χ2n) is 5.86. The summed E-state index contributed by atoms with van der Waals surface area (Å²) in [5.74, 6) is -1.49. The molecule has 3 N–H and O–H groups in total. The van der Waals surface area contributed by atoms with E-state index in [-0.39, 0.29) is 19.4 Å². The van der Waals surface area contributed by atoms with Gasteiger partial charge in [0.15, 0.2) is 0 Å². The molecule has 0 aromatic heterocycles. The molecule has 1 aliphatic rings. The highest BCUT2D eigenvalue weighted by Gasteiger charge is 2.43. The number of alkyl halides is 6. The Morgan fingerprint density at radius 1 is 1.07 bits per heavy atom. The molecule has 11 heteroatoms. The minimum atomic E-state index is -5.14. The van der Waals surface area contributed by atoms with Crippen LogP contribution in [0, 0.1) is 0 Å². The molecule has 1 aromatic rings. The van der Waals surface area contributed by atoms with Gasteiger partial charge in [-0.15, -0.1) is 0 Å². The zero-order chi connectivity index (χ0) is 20.9. The lowest BCUT2D eigenvalue weighted by Gasteiger charge is -2.22. The predicted molar refractivity (Wildman–Crippen MR) is 85.4 cm³/mol. The highest BCUT2D eigenvalue weighted by atomic mass is 19.4. The molecule has 0 unspecified atom stereocenters. The molecule has 1 aromatic carbocycles. The summed E-state index contributed by atoms with van der Waals surface area (Å²) in [6.45, 7) is 0.0480. The molecule has 0 saturated carbocycles. The summed E-state index contributed by atoms with van der Waals surface area (Å²) in [4.78, 5) is 21.5. The van der Waals surface area contributed by atoms with E-state index in [2.05, 4.69) is 15.1 Å². The molecule has 0 aliphatic carbocycles. The molecule has 1 atom stereocenters. The third-order valence-electron chi connectivity index (χ3n) is 3.83. The van der Waals surface area contributed by atoms with Gasteiger partial charge < -0.3 is 11.1 Å². The molecule has 5 nitrogen and oxygen atoms in total. The van der Waals surface area contributed by atoms with E-state index in [9.17, 15) is 31.1 Å². The summed E-state index contributed by atoms with van der Waals surface area (Å²) in [6.07, 6.45) is -6.23. The highest BCUT2D eigenvalue weighted by Crippen LogP contribution is 2.39. The summed E-state index contributed by atoms with van der Waals surface area (Å²) in [6, 6.07) is 0.645. The Balaban J connectivity index is 2.37. The lowest BCUT2D eigenvalue weighted by atomic mass is 9.97. The number of nitrogens with one attached hydrogen (secondary N) is 1. The predicted octanol–water partition coefficient (Wildman–Crippen LogP) is 3.92. The minimum Gasteiger partial charge on any atom is -0.349 e. The van der Waals surface area contributed by atoms with E-state index >= 15 is 0 Å². The SMILES string of the molecule is NCC[C@H](CC1=COOC=C1)NC(=O)c1c(C(F)(F)F)cccc1C(F)(F)F. The molecule has 28 heavy (non-hydrogen) atoms. The Bertz CT molecular complexity index is 739. The van der Waals surface area contributed by atoms with E-state index in [4.69, 9.17) is 5.73 Å². The van der Waals surface area contributed by atoms with Crippen molar-refractivity contribution in [2.24, 2.45) is 5.73 Å². The molecular weight excluding hydrogens is 394 g/mol. The first-order valence-electron chi connectivity index (χ1n) is 8.00. The molecule has 0 saturated heterocycles. The van der Waals surface area contributed by atoms with Crippen LogP contribution in [0.25, 0.3) is 0 Å². The maximum Gasteiger partial charge on any atom is 0.417 e. The van der Waals surface area contributed by atoms with Crippen LogP contribution in [0.3, 0.4) is 0 Å². The second kappa shape index (κ2) is 8.55. The van der Waals surface area contributed by atoms with Crippen LogP contribution in [0.4, 0.5) is 26.3 Å². The Morgan fingerprint density at radius 3 is 2.14 bits per heavy atom. The number of hydrogen-bond donors (Lipinski definition) is 2. The molecule has 0 spiro atoms. The van der Waals surface area contributed by atoms with Crippen molar-refractivity contribution in [1.29, 1.82) is 0 Å². The third-order valence-corrected chi connectivity index (χ3v) is 3.83. The van der Waals surface area contributed by atoms with Crippen LogP contribution in [0.5, 0.6) is 0 Å². The highest BCUT2D eigenvalue weighted by molar-refractivity contribution is 5.97. The number of carbonyl (C=O) groups excluding carboxylic acids is 1. The summed E-state index contributed by atoms with van der Waals surface area (Å²) in [7, 11) is 0. The fraction of sp³-hybridized carbons (Fsp3) is 0.353. The van der Waals surface area contributed by atoms with Gasteiger partial charge in [-0.3, -0.25) is 14.6 Å². The van der Waals surface area contributed by atoms with Crippen molar-refractivity contribution >= 4 is 5.91 Å². The molecular formula is C17H16F6N2O3. The summed E-state index contributed by atoms with van der Waals surface area (Å²) >= 11 is 0. The first-order chi connectivity index (χ1) is 13.0. The zero-order valence-electron chi connectivity index (χ0n) is 14.2. The smallest absolute Gasteiger partial charge is 0.349 e. The van der Waals surface area contributed by atoms with E-state index in [0.717, 1.165) is 0 Å². The normalized spacial score (nSPS) is 15.3. The number of amides is 1. The van der Waals surface area contributed by atoms with Gasteiger partial charge in [0, 0.05) is 6.04 Å². The van der Waals surface area contributed by atoms with Crippen molar-refractivity contribution in [3.8, 4) is 0 Å². The largest absolute Gasteiger partial charge is 0.417 e. The topological polar surface area (TPSA) is 73.6 Å². The standard InChI is InChI=1S/C17H16F6N2O3/c18-16(19,20)12-2-1-3-13(17(21,22)23)14(12)15(26)25-11(4-6-24)8-10-5-7-27-28-9-10/h1-3,5,7,9,11H,4,6,8,24H2,(H,25,26)/t11-/m1/s1. The third kappa shape index (κ3) is 5.41. The van der Waals surface area contributed by atoms with Gasteiger partial charge in [0.05, 0.1) is 16.7 Å². The summed E-state index contributed by atoms with van der Waals surface area (Å²) in [5, 5.41) is 2.22. The van der Waals surface area contributed by atoms with Crippen molar-refractivity contribution in [2.45, 2.75) is 31.2 Å². The second-order valence-corrected chi connectivity index (χ2v) is 5.86. The Morgan fingerprint density at radius 2 is 1.68 bits per heavy atom. The van der Waals surface area contributed by atoms with Gasteiger partial charge in [-0.2, -0.15) is 26.3 Å². The minimum absolute atomic E-state index is 0.0480. The Kier molecular flexibility index (Phi) is 6.60. The quantitative estimate of drug-likeness (QED) is 0.551. The van der Waals surface area contributed by atoms with Crippen molar-refractivity contribution in [3.05, 3.63) is 59.1 Å². The molecule has 0 fully saturated rings. The number of nitrogens with two attached hydrogens (primary N) is 1. The van der Waals surface area contributed by atoms with Gasteiger partial charge in [-0.25, -0.2) is 0 Å². The lowest BCUT2D eigenvalue weighted by Crippen LogP contribution is -2.38. The van der Waals surface area contributed by atoms with Crippen molar-refractivity contribution in [3.63, 3.8) is 0 Å². The van der Waals surface area contributed by atoms with Gasteiger partial charge in [-0.1, -0.05) is 6.07 Å². The van der Waals surface area contributed by atoms with Crippen LogP contribution in [-0.2, 0) is 22.1 Å². The maximum atomic E-state index is 13.2. The fourth-order valence-corrected chi connectivity index (χ4v) is 2.63. The fourth-order valence-electron chi connectivity index (χ4n) is 2.63. The number of rotatable bonds is 6.